The molecule has 0 radical (unpaired) electrons. The van der Waals surface area contributed by atoms with Gasteiger partial charge in [0.1, 0.15) is 0 Å². The molecule has 1 aliphatic rings. The first kappa shape index (κ1) is 17.6. The molecular weight excluding hydrogens is 318 g/mol. The molecule has 1 aromatic carbocycles. The molecule has 1 N–H and O–H groups in total. The van der Waals surface area contributed by atoms with Gasteiger partial charge in [0.15, 0.2) is 0 Å². The number of rotatable bonds is 4. The fourth-order valence-corrected chi connectivity index (χ4v) is 3.51. The highest BCUT2D eigenvalue weighted by molar-refractivity contribution is 5.18. The zero-order valence-electron chi connectivity index (χ0n) is 14.8. The lowest BCUT2D eigenvalue weighted by Gasteiger charge is -2.34. The summed E-state index contributed by atoms with van der Waals surface area (Å²) in [5.74, 6) is 0.242. The number of aliphatic hydroxyl groups is 1. The minimum absolute atomic E-state index is 0.242. The largest absolute Gasteiger partial charge is 0.388 e. The summed E-state index contributed by atoms with van der Waals surface area (Å²) < 4.78 is 2.65. The molecule has 0 saturated carbocycles. The quantitative estimate of drug-likeness (QED) is 0.900. The van der Waals surface area contributed by atoms with Crippen molar-refractivity contribution in [1.82, 2.24) is 14.0 Å². The summed E-state index contributed by atoms with van der Waals surface area (Å²) in [6.45, 7) is 2.27. The van der Waals surface area contributed by atoms with Crippen molar-refractivity contribution in [1.29, 1.82) is 0 Å². The highest BCUT2D eigenvalue weighted by Gasteiger charge is 2.26. The Balaban J connectivity index is 1.64. The van der Waals surface area contributed by atoms with E-state index >= 15 is 0 Å². The lowest BCUT2D eigenvalue weighted by atomic mass is 9.87. The van der Waals surface area contributed by atoms with Gasteiger partial charge >= 0.3 is 5.69 Å². The van der Waals surface area contributed by atoms with Crippen molar-refractivity contribution < 1.29 is 5.11 Å². The molecule has 1 saturated heterocycles. The monoisotopic (exact) mass is 343 g/mol. The van der Waals surface area contributed by atoms with E-state index in [1.54, 1.807) is 7.05 Å². The molecule has 0 bridgehead atoms. The first-order valence-corrected chi connectivity index (χ1v) is 8.68. The van der Waals surface area contributed by atoms with Crippen LogP contribution in [0.5, 0.6) is 0 Å². The van der Waals surface area contributed by atoms with E-state index in [4.69, 9.17) is 0 Å². The second kappa shape index (κ2) is 7.37. The van der Waals surface area contributed by atoms with Gasteiger partial charge in [-0.2, -0.15) is 0 Å². The molecule has 0 aliphatic carbocycles. The van der Waals surface area contributed by atoms with Gasteiger partial charge in [-0.1, -0.05) is 30.3 Å². The van der Waals surface area contributed by atoms with Gasteiger partial charge in [-0.3, -0.25) is 18.8 Å². The molecule has 6 heteroatoms. The topological polar surface area (TPSA) is 67.5 Å². The van der Waals surface area contributed by atoms with Crippen LogP contribution in [0.15, 0.2) is 46.0 Å². The maximum atomic E-state index is 12.0. The van der Waals surface area contributed by atoms with E-state index in [-0.39, 0.29) is 17.2 Å². The van der Waals surface area contributed by atoms with Crippen LogP contribution in [0.4, 0.5) is 0 Å². The van der Waals surface area contributed by atoms with Crippen LogP contribution in [0.25, 0.3) is 0 Å². The minimum Gasteiger partial charge on any atom is -0.388 e. The molecule has 134 valence electrons. The van der Waals surface area contributed by atoms with E-state index in [1.165, 1.54) is 17.7 Å². The van der Waals surface area contributed by atoms with Gasteiger partial charge in [-0.25, -0.2) is 4.79 Å². The molecule has 1 atom stereocenters. The van der Waals surface area contributed by atoms with Gasteiger partial charge in [0.25, 0.3) is 5.56 Å². The zero-order valence-corrected chi connectivity index (χ0v) is 14.8. The number of likely N-dealkylation sites (tertiary alicyclic amines) is 1. The number of nitrogens with zero attached hydrogens (tertiary/aromatic N) is 3. The maximum Gasteiger partial charge on any atom is 0.330 e. The number of hydrogen-bond acceptors (Lipinski definition) is 4. The van der Waals surface area contributed by atoms with E-state index in [1.807, 2.05) is 30.3 Å². The molecule has 1 aromatic heterocycles. The van der Waals surface area contributed by atoms with Crippen molar-refractivity contribution in [3.63, 3.8) is 0 Å². The Morgan fingerprint density at radius 2 is 1.72 bits per heavy atom. The minimum atomic E-state index is -0.434. The van der Waals surface area contributed by atoms with Crippen molar-refractivity contribution in [2.75, 3.05) is 13.1 Å². The molecule has 0 spiro atoms. The van der Waals surface area contributed by atoms with Crippen LogP contribution in [-0.4, -0.2) is 32.2 Å². The second-order valence-electron chi connectivity index (χ2n) is 6.84. The Morgan fingerprint density at radius 3 is 2.36 bits per heavy atom. The molecule has 1 aliphatic heterocycles. The maximum absolute atomic E-state index is 12.0. The molecule has 2 aromatic rings. The van der Waals surface area contributed by atoms with Crippen molar-refractivity contribution in [3.8, 4) is 0 Å². The number of piperidine rings is 1. The van der Waals surface area contributed by atoms with Crippen LogP contribution in [-0.2, 0) is 20.6 Å². The van der Waals surface area contributed by atoms with Gasteiger partial charge in [-0.15, -0.1) is 0 Å². The average molecular weight is 343 g/mol. The van der Waals surface area contributed by atoms with Gasteiger partial charge in [0.2, 0.25) is 0 Å². The van der Waals surface area contributed by atoms with Gasteiger partial charge in [0.05, 0.1) is 6.10 Å². The number of aliphatic hydroxyl groups excluding tert-OH is 1. The Morgan fingerprint density at radius 1 is 1.08 bits per heavy atom. The summed E-state index contributed by atoms with van der Waals surface area (Å²) in [5, 5.41) is 10.6. The molecule has 0 unspecified atom stereocenters. The number of benzene rings is 1. The third-order valence-corrected chi connectivity index (χ3v) is 5.23. The summed E-state index contributed by atoms with van der Waals surface area (Å²) in [6.07, 6.45) is 1.36. The van der Waals surface area contributed by atoms with Crippen LogP contribution in [0.3, 0.4) is 0 Å². The predicted octanol–water partition coefficient (Wildman–Crippen LogP) is 1.03. The molecule has 0 amide bonds. The molecule has 1 fully saturated rings. The lowest BCUT2D eigenvalue weighted by molar-refractivity contribution is 0.0560. The van der Waals surface area contributed by atoms with Crippen LogP contribution < -0.4 is 11.2 Å². The van der Waals surface area contributed by atoms with Crippen LogP contribution in [0.1, 0.15) is 30.2 Å². The summed E-state index contributed by atoms with van der Waals surface area (Å²) in [5.41, 5.74) is 1.13. The van der Waals surface area contributed by atoms with Crippen molar-refractivity contribution in [3.05, 3.63) is 68.5 Å². The molecular formula is C19H25N3O3. The first-order chi connectivity index (χ1) is 12.0. The van der Waals surface area contributed by atoms with E-state index in [0.29, 0.717) is 6.54 Å². The summed E-state index contributed by atoms with van der Waals surface area (Å²) in [6, 6.07) is 11.3. The van der Waals surface area contributed by atoms with Gasteiger partial charge < -0.3 is 5.11 Å². The summed E-state index contributed by atoms with van der Waals surface area (Å²) in [4.78, 5) is 26.1. The second-order valence-corrected chi connectivity index (χ2v) is 6.84. The van der Waals surface area contributed by atoms with E-state index in [0.717, 1.165) is 41.8 Å². The van der Waals surface area contributed by atoms with Crippen molar-refractivity contribution in [2.24, 2.45) is 20.0 Å². The molecule has 2 heterocycles. The smallest absolute Gasteiger partial charge is 0.330 e. The summed E-state index contributed by atoms with van der Waals surface area (Å²) >= 11 is 0. The van der Waals surface area contributed by atoms with Gasteiger partial charge in [0, 0.05) is 32.4 Å². The zero-order chi connectivity index (χ0) is 18.0. The lowest BCUT2D eigenvalue weighted by Crippen LogP contribution is -2.41. The standard InChI is InChI=1S/C19H25N3O3/c1-20-16(12-17(23)21(2)19(20)25)13-22-10-8-15(9-11-22)18(24)14-6-4-3-5-7-14/h3-7,12,15,18,24H,8-11,13H2,1-2H3/t18-/m1/s1. The fourth-order valence-electron chi connectivity index (χ4n) is 3.51. The van der Waals surface area contributed by atoms with Crippen LogP contribution >= 0.6 is 0 Å². The van der Waals surface area contributed by atoms with E-state index < -0.39 is 6.10 Å². The Bertz CT molecular complexity index is 833. The average Bonchev–Trinajstić information content (AvgIpc) is 2.65. The third kappa shape index (κ3) is 3.75. The Hall–Kier alpha value is -2.18. The number of hydrogen-bond donors (Lipinski definition) is 1. The molecule has 3 rings (SSSR count). The van der Waals surface area contributed by atoms with Gasteiger partial charge in [-0.05, 0) is 37.4 Å². The predicted molar refractivity (Wildman–Crippen MR) is 96.3 cm³/mol. The van der Waals surface area contributed by atoms with E-state index in [9.17, 15) is 14.7 Å². The van der Waals surface area contributed by atoms with Crippen molar-refractivity contribution >= 4 is 0 Å². The first-order valence-electron chi connectivity index (χ1n) is 8.68. The third-order valence-electron chi connectivity index (χ3n) is 5.23. The van der Waals surface area contributed by atoms with E-state index in [2.05, 4.69) is 4.90 Å². The normalized spacial score (nSPS) is 17.6. The summed E-state index contributed by atoms with van der Waals surface area (Å²) in [7, 11) is 3.19. The Kier molecular flexibility index (Phi) is 5.20. The molecule has 25 heavy (non-hydrogen) atoms. The number of aromatic nitrogens is 2. The highest BCUT2D eigenvalue weighted by atomic mass is 16.3. The highest BCUT2D eigenvalue weighted by Crippen LogP contribution is 2.30. The molecule has 6 nitrogen and oxygen atoms in total. The fraction of sp³-hybridized carbons (Fsp3) is 0.474. The SMILES string of the molecule is Cn1c(CN2CCC([C@H](O)c3ccccc3)CC2)cc(=O)n(C)c1=O. The van der Waals surface area contributed by atoms with Crippen LogP contribution in [0, 0.1) is 5.92 Å². The van der Waals surface area contributed by atoms with Crippen molar-refractivity contribution in [2.45, 2.75) is 25.5 Å². The van der Waals surface area contributed by atoms with Crippen LogP contribution in [0.2, 0.25) is 0 Å². The Labute approximate surface area is 147 Å².